The first-order valence-electron chi connectivity index (χ1n) is 3.71. The second kappa shape index (κ2) is 3.96. The summed E-state index contributed by atoms with van der Waals surface area (Å²) in [5, 5.41) is 0. The number of hydrogen-bond acceptors (Lipinski definition) is 0. The zero-order valence-electron chi connectivity index (χ0n) is 7.08. The van der Waals surface area contributed by atoms with E-state index < -0.39 is 29.2 Å². The van der Waals surface area contributed by atoms with Crippen LogP contribution in [0.2, 0.25) is 0 Å². The van der Waals surface area contributed by atoms with Gasteiger partial charge in [-0.15, -0.1) is 0 Å². The van der Waals surface area contributed by atoms with Crippen molar-refractivity contribution in [3.63, 3.8) is 0 Å². The molecule has 0 aliphatic heterocycles. The van der Waals surface area contributed by atoms with E-state index in [9.17, 15) is 26.3 Å². The Morgan fingerprint density at radius 2 is 1.33 bits per heavy atom. The normalized spacial score (nSPS) is 11.3. The highest BCUT2D eigenvalue weighted by atomic mass is 19.4. The molecule has 0 heterocycles. The molecule has 0 bridgehead atoms. The van der Waals surface area contributed by atoms with Gasteiger partial charge in [-0.2, -0.15) is 22.0 Å². The maximum atomic E-state index is 12.5. The maximum Gasteiger partial charge on any atom is 0.416 e. The van der Waals surface area contributed by atoms with Gasteiger partial charge in [-0.25, -0.2) is 4.39 Å². The van der Waals surface area contributed by atoms with Gasteiger partial charge in [0.25, 0.3) is 0 Å². The summed E-state index contributed by atoms with van der Waals surface area (Å²) in [4.78, 5) is 0. The summed E-state index contributed by atoms with van der Waals surface area (Å²) >= 11 is 0. The minimum absolute atomic E-state index is 0.540. The summed E-state index contributed by atoms with van der Waals surface area (Å²) < 4.78 is 72.1. The van der Waals surface area contributed by atoms with Crippen molar-refractivity contribution in [2.24, 2.45) is 0 Å². The Balaban J connectivity index is 3.07. The van der Waals surface area contributed by atoms with Gasteiger partial charge in [0.2, 0.25) is 0 Å². The molecule has 0 aliphatic carbocycles. The Kier molecular flexibility index (Phi) is 3.06. The average molecular weight is 226 g/mol. The molecule has 0 aliphatic rings. The smallest absolute Gasteiger partial charge is 0.200 e. The Labute approximate surface area is 80.8 Å². The van der Waals surface area contributed by atoms with Gasteiger partial charge >= 0.3 is 12.3 Å². The first-order valence-corrected chi connectivity index (χ1v) is 3.71. The van der Waals surface area contributed by atoms with Crippen LogP contribution in [0.1, 0.15) is 11.1 Å². The molecular formula is C9H4F6. The third kappa shape index (κ3) is 2.74. The summed E-state index contributed by atoms with van der Waals surface area (Å²) in [5.74, 6) is -1.82. The van der Waals surface area contributed by atoms with Crippen molar-refractivity contribution in [3.05, 3.63) is 41.5 Å². The molecular weight excluding hydrogens is 222 g/mol. The molecule has 0 spiro atoms. The van der Waals surface area contributed by atoms with E-state index in [0.29, 0.717) is 24.3 Å². The molecule has 15 heavy (non-hydrogen) atoms. The average Bonchev–Trinajstić information content (AvgIpc) is 2.15. The van der Waals surface area contributed by atoms with Gasteiger partial charge in [0.05, 0.1) is 5.56 Å². The third-order valence-electron chi connectivity index (χ3n) is 1.63. The first-order chi connectivity index (χ1) is 6.82. The van der Waals surface area contributed by atoms with Crippen molar-refractivity contribution in [1.29, 1.82) is 0 Å². The molecule has 0 radical (unpaired) electrons. The monoisotopic (exact) mass is 226 g/mol. The molecule has 0 saturated heterocycles. The fraction of sp³-hybridized carbons (Fsp3) is 0.111. The van der Waals surface area contributed by atoms with Crippen molar-refractivity contribution in [2.75, 3.05) is 0 Å². The zero-order valence-corrected chi connectivity index (χ0v) is 7.08. The highest BCUT2D eigenvalue weighted by Crippen LogP contribution is 2.30. The standard InChI is InChI=1S/C9H4F6/c10-7(8(11)12)5-1-3-6(4-2-5)9(13,14)15/h1-4H. The molecule has 0 saturated carbocycles. The van der Waals surface area contributed by atoms with Crippen LogP contribution in [0.25, 0.3) is 5.83 Å². The quantitative estimate of drug-likeness (QED) is 0.628. The number of hydrogen-bond donors (Lipinski definition) is 0. The molecule has 0 nitrogen and oxygen atoms in total. The van der Waals surface area contributed by atoms with Crippen LogP contribution in [0.3, 0.4) is 0 Å². The van der Waals surface area contributed by atoms with E-state index >= 15 is 0 Å². The lowest BCUT2D eigenvalue weighted by Gasteiger charge is -2.06. The molecule has 0 fully saturated rings. The summed E-state index contributed by atoms with van der Waals surface area (Å²) in [6.45, 7) is 0. The molecule has 0 N–H and O–H groups in total. The second-order valence-electron chi connectivity index (χ2n) is 2.65. The predicted molar refractivity (Wildman–Crippen MR) is 41.7 cm³/mol. The van der Waals surface area contributed by atoms with Crippen molar-refractivity contribution < 1.29 is 26.3 Å². The summed E-state index contributed by atoms with van der Waals surface area (Å²) in [6.07, 6.45) is -7.12. The Morgan fingerprint density at radius 3 is 1.67 bits per heavy atom. The number of benzene rings is 1. The van der Waals surface area contributed by atoms with Gasteiger partial charge in [0, 0.05) is 5.56 Å². The van der Waals surface area contributed by atoms with Crippen molar-refractivity contribution >= 4 is 5.83 Å². The minimum atomic E-state index is -4.56. The van der Waals surface area contributed by atoms with Gasteiger partial charge in [0.15, 0.2) is 5.83 Å². The van der Waals surface area contributed by atoms with E-state index in [1.54, 1.807) is 0 Å². The van der Waals surface area contributed by atoms with Gasteiger partial charge in [-0.05, 0) is 12.1 Å². The van der Waals surface area contributed by atoms with Crippen LogP contribution in [0, 0.1) is 0 Å². The molecule has 1 aromatic carbocycles. The summed E-state index contributed by atoms with van der Waals surface area (Å²) in [7, 11) is 0. The fourth-order valence-electron chi connectivity index (χ4n) is 0.915. The summed E-state index contributed by atoms with van der Waals surface area (Å²) in [6, 6.07) is 2.38. The maximum absolute atomic E-state index is 12.5. The fourth-order valence-corrected chi connectivity index (χ4v) is 0.915. The number of halogens is 6. The van der Waals surface area contributed by atoms with E-state index in [0.717, 1.165) is 0 Å². The van der Waals surface area contributed by atoms with E-state index in [1.807, 2.05) is 0 Å². The van der Waals surface area contributed by atoms with Gasteiger partial charge < -0.3 is 0 Å². The SMILES string of the molecule is FC(F)=C(F)c1ccc(C(F)(F)F)cc1. The first kappa shape index (κ1) is 11.6. The topological polar surface area (TPSA) is 0 Å². The lowest BCUT2D eigenvalue weighted by atomic mass is 10.1. The van der Waals surface area contributed by atoms with Crippen LogP contribution >= 0.6 is 0 Å². The van der Waals surface area contributed by atoms with Gasteiger partial charge in [-0.3, -0.25) is 0 Å². The van der Waals surface area contributed by atoms with Crippen LogP contribution in [0.5, 0.6) is 0 Å². The lowest BCUT2D eigenvalue weighted by Crippen LogP contribution is -2.04. The minimum Gasteiger partial charge on any atom is -0.200 e. The Morgan fingerprint density at radius 1 is 0.867 bits per heavy atom. The largest absolute Gasteiger partial charge is 0.416 e. The molecule has 0 amide bonds. The highest BCUT2D eigenvalue weighted by Gasteiger charge is 2.30. The van der Waals surface area contributed by atoms with Crippen molar-refractivity contribution in [2.45, 2.75) is 6.18 Å². The van der Waals surface area contributed by atoms with Crippen LogP contribution < -0.4 is 0 Å². The van der Waals surface area contributed by atoms with Crippen LogP contribution in [-0.4, -0.2) is 0 Å². The Hall–Kier alpha value is -1.46. The van der Waals surface area contributed by atoms with Crippen molar-refractivity contribution in [3.8, 4) is 0 Å². The zero-order chi connectivity index (χ0) is 11.6. The number of rotatable bonds is 1. The molecule has 0 atom stereocenters. The third-order valence-corrected chi connectivity index (χ3v) is 1.63. The van der Waals surface area contributed by atoms with E-state index in [1.165, 1.54) is 0 Å². The predicted octanol–water partition coefficient (Wildman–Crippen LogP) is 4.24. The Bertz CT molecular complexity index is 369. The number of alkyl halides is 3. The van der Waals surface area contributed by atoms with Crippen LogP contribution in [-0.2, 0) is 6.18 Å². The summed E-state index contributed by atoms with van der Waals surface area (Å²) in [5.41, 5.74) is -1.60. The molecule has 82 valence electrons. The van der Waals surface area contributed by atoms with Crippen molar-refractivity contribution in [1.82, 2.24) is 0 Å². The molecule has 1 rings (SSSR count). The van der Waals surface area contributed by atoms with E-state index in [-0.39, 0.29) is 0 Å². The van der Waals surface area contributed by atoms with E-state index in [2.05, 4.69) is 0 Å². The molecule has 1 aromatic rings. The highest BCUT2D eigenvalue weighted by molar-refractivity contribution is 5.59. The lowest BCUT2D eigenvalue weighted by molar-refractivity contribution is -0.137. The second-order valence-corrected chi connectivity index (χ2v) is 2.65. The van der Waals surface area contributed by atoms with Crippen LogP contribution in [0.15, 0.2) is 30.3 Å². The molecule has 0 aromatic heterocycles. The molecule has 0 unspecified atom stereocenters. The molecule has 6 heteroatoms. The van der Waals surface area contributed by atoms with Gasteiger partial charge in [-0.1, -0.05) is 12.1 Å². The van der Waals surface area contributed by atoms with Gasteiger partial charge in [0.1, 0.15) is 0 Å². The van der Waals surface area contributed by atoms with Crippen LogP contribution in [0.4, 0.5) is 26.3 Å². The van der Waals surface area contributed by atoms with E-state index in [4.69, 9.17) is 0 Å².